The van der Waals surface area contributed by atoms with Gasteiger partial charge in [0.05, 0.1) is 6.04 Å². The Kier molecular flexibility index (Phi) is 4.90. The molecule has 0 rings (SSSR count). The lowest BCUT2D eigenvalue weighted by molar-refractivity contribution is -0.139. The summed E-state index contributed by atoms with van der Waals surface area (Å²) in [4.78, 5) is 11.1. The Bertz CT molecular complexity index is 192. The van der Waals surface area contributed by atoms with Gasteiger partial charge in [-0.2, -0.15) is 13.2 Å². The molecule has 0 aromatic rings. The van der Waals surface area contributed by atoms with Crippen molar-refractivity contribution >= 4 is 5.91 Å². The average Bonchev–Trinajstić information content (AvgIpc) is 1.97. The fraction of sp³-hybridized carbons (Fsp3) is 0.875. The first kappa shape index (κ1) is 13.2. The molecule has 84 valence electrons. The van der Waals surface area contributed by atoms with Gasteiger partial charge in [-0.15, -0.1) is 0 Å². The maximum atomic E-state index is 11.7. The van der Waals surface area contributed by atoms with E-state index in [9.17, 15) is 18.0 Å². The zero-order valence-electron chi connectivity index (χ0n) is 8.40. The second kappa shape index (κ2) is 5.19. The van der Waals surface area contributed by atoms with Crippen molar-refractivity contribution in [2.24, 2.45) is 0 Å². The number of nitrogens with one attached hydrogen (secondary N) is 2. The number of alkyl halides is 3. The highest BCUT2D eigenvalue weighted by Gasteiger charge is 2.28. The lowest BCUT2D eigenvalue weighted by Gasteiger charge is -2.17. The monoisotopic (exact) mass is 212 g/mol. The zero-order chi connectivity index (χ0) is 11.4. The van der Waals surface area contributed by atoms with E-state index in [0.717, 1.165) is 0 Å². The summed E-state index contributed by atoms with van der Waals surface area (Å²) in [5, 5.41) is 4.60. The summed E-state index contributed by atoms with van der Waals surface area (Å²) in [7, 11) is 0. The van der Waals surface area contributed by atoms with Crippen LogP contribution in [0.25, 0.3) is 0 Å². The van der Waals surface area contributed by atoms with Crippen LogP contribution < -0.4 is 10.6 Å². The Morgan fingerprint density at radius 3 is 2.14 bits per heavy atom. The first-order valence-electron chi connectivity index (χ1n) is 4.33. The summed E-state index contributed by atoms with van der Waals surface area (Å²) in [6.07, 6.45) is -4.35. The van der Waals surface area contributed by atoms with Crippen molar-refractivity contribution in [3.05, 3.63) is 0 Å². The van der Waals surface area contributed by atoms with Crippen molar-refractivity contribution in [1.29, 1.82) is 0 Å². The minimum absolute atomic E-state index is 0.0571. The van der Waals surface area contributed by atoms with Gasteiger partial charge in [-0.1, -0.05) is 13.8 Å². The largest absolute Gasteiger partial charge is 0.405 e. The molecular weight excluding hydrogens is 197 g/mol. The highest BCUT2D eigenvalue weighted by molar-refractivity contribution is 5.81. The third-order valence-corrected chi connectivity index (χ3v) is 1.44. The van der Waals surface area contributed by atoms with E-state index in [2.05, 4.69) is 5.32 Å². The summed E-state index contributed by atoms with van der Waals surface area (Å²) in [6, 6.07) is -0.556. The first-order chi connectivity index (χ1) is 6.22. The fourth-order valence-corrected chi connectivity index (χ4v) is 0.916. The van der Waals surface area contributed by atoms with Crippen LogP contribution in [0.2, 0.25) is 0 Å². The number of carbonyl (C=O) groups excluding carboxylic acids is 1. The normalized spacial score (nSPS) is 14.2. The number of rotatable bonds is 4. The fourth-order valence-electron chi connectivity index (χ4n) is 0.916. The molecule has 0 aliphatic heterocycles. The van der Waals surface area contributed by atoms with Gasteiger partial charge in [0.25, 0.3) is 0 Å². The van der Waals surface area contributed by atoms with E-state index in [-0.39, 0.29) is 6.04 Å². The van der Waals surface area contributed by atoms with Gasteiger partial charge >= 0.3 is 6.18 Å². The molecule has 14 heavy (non-hydrogen) atoms. The van der Waals surface area contributed by atoms with Crippen LogP contribution in [0.5, 0.6) is 0 Å². The lowest BCUT2D eigenvalue weighted by Crippen LogP contribution is -2.47. The third-order valence-electron chi connectivity index (χ3n) is 1.44. The molecule has 0 aliphatic carbocycles. The second-order valence-corrected chi connectivity index (χ2v) is 3.38. The van der Waals surface area contributed by atoms with Crippen molar-refractivity contribution in [3.8, 4) is 0 Å². The van der Waals surface area contributed by atoms with Crippen LogP contribution in [-0.2, 0) is 4.79 Å². The maximum absolute atomic E-state index is 11.7. The van der Waals surface area contributed by atoms with Gasteiger partial charge in [0, 0.05) is 6.04 Å². The smallest absolute Gasteiger partial charge is 0.346 e. The standard InChI is InChI=1S/C8H15F3N2O/c1-5(2)13-6(3)7(14)12-4-8(9,10)11/h5-6,13H,4H2,1-3H3,(H,12,14). The summed E-state index contributed by atoms with van der Waals surface area (Å²) in [5.74, 6) is -0.643. The summed E-state index contributed by atoms with van der Waals surface area (Å²) in [5.41, 5.74) is 0. The molecule has 0 fully saturated rings. The van der Waals surface area contributed by atoms with Gasteiger partial charge in [-0.3, -0.25) is 4.79 Å². The van der Waals surface area contributed by atoms with Crippen LogP contribution in [0.4, 0.5) is 13.2 Å². The van der Waals surface area contributed by atoms with E-state index in [1.54, 1.807) is 5.32 Å². The zero-order valence-corrected chi connectivity index (χ0v) is 8.40. The molecule has 0 aromatic carbocycles. The molecule has 0 bridgehead atoms. The molecule has 6 heteroatoms. The van der Waals surface area contributed by atoms with Crippen molar-refractivity contribution in [3.63, 3.8) is 0 Å². The molecule has 0 aliphatic rings. The van der Waals surface area contributed by atoms with Gasteiger partial charge in [0.2, 0.25) is 5.91 Å². The lowest BCUT2D eigenvalue weighted by atomic mass is 10.2. The van der Waals surface area contributed by atoms with Gasteiger partial charge in [0.1, 0.15) is 6.54 Å². The van der Waals surface area contributed by atoms with Gasteiger partial charge in [0.15, 0.2) is 0 Å². The van der Waals surface area contributed by atoms with Crippen LogP contribution in [-0.4, -0.2) is 30.7 Å². The third kappa shape index (κ3) is 6.71. The van der Waals surface area contributed by atoms with Crippen LogP contribution in [0.15, 0.2) is 0 Å². The molecule has 0 heterocycles. The van der Waals surface area contributed by atoms with Crippen molar-refractivity contribution in [1.82, 2.24) is 10.6 Å². The van der Waals surface area contributed by atoms with E-state index in [4.69, 9.17) is 0 Å². The van der Waals surface area contributed by atoms with Crippen molar-refractivity contribution in [2.45, 2.75) is 39.0 Å². The summed E-state index contributed by atoms with van der Waals surface area (Å²) < 4.78 is 35.1. The van der Waals surface area contributed by atoms with Crippen molar-refractivity contribution in [2.75, 3.05) is 6.54 Å². The number of hydrogen-bond donors (Lipinski definition) is 2. The minimum atomic E-state index is -4.35. The second-order valence-electron chi connectivity index (χ2n) is 3.38. The first-order valence-corrected chi connectivity index (χ1v) is 4.33. The molecule has 1 amide bonds. The van der Waals surface area contributed by atoms with Gasteiger partial charge in [-0.25, -0.2) is 0 Å². The number of hydrogen-bond acceptors (Lipinski definition) is 2. The minimum Gasteiger partial charge on any atom is -0.346 e. The molecule has 0 aromatic heterocycles. The van der Waals surface area contributed by atoms with E-state index < -0.39 is 24.7 Å². The highest BCUT2D eigenvalue weighted by Crippen LogP contribution is 2.12. The number of carbonyl (C=O) groups is 1. The number of halogens is 3. The maximum Gasteiger partial charge on any atom is 0.405 e. The van der Waals surface area contributed by atoms with E-state index in [0.29, 0.717) is 0 Å². The molecule has 3 nitrogen and oxygen atoms in total. The Hall–Kier alpha value is -0.780. The van der Waals surface area contributed by atoms with E-state index in [1.807, 2.05) is 13.8 Å². The average molecular weight is 212 g/mol. The van der Waals surface area contributed by atoms with Crippen LogP contribution in [0.3, 0.4) is 0 Å². The Morgan fingerprint density at radius 2 is 1.79 bits per heavy atom. The quantitative estimate of drug-likeness (QED) is 0.731. The predicted octanol–water partition coefficient (Wildman–Crippen LogP) is 1.05. The van der Waals surface area contributed by atoms with E-state index in [1.165, 1.54) is 6.92 Å². The highest BCUT2D eigenvalue weighted by atomic mass is 19.4. The predicted molar refractivity (Wildman–Crippen MR) is 46.8 cm³/mol. The Balaban J connectivity index is 3.85. The van der Waals surface area contributed by atoms with Gasteiger partial charge < -0.3 is 10.6 Å². The number of amides is 1. The SMILES string of the molecule is CC(C)NC(C)C(=O)NCC(F)(F)F. The van der Waals surface area contributed by atoms with Crippen LogP contribution in [0, 0.1) is 0 Å². The summed E-state index contributed by atoms with van der Waals surface area (Å²) in [6.45, 7) is 3.86. The van der Waals surface area contributed by atoms with E-state index >= 15 is 0 Å². The molecule has 1 unspecified atom stereocenters. The molecule has 0 saturated heterocycles. The van der Waals surface area contributed by atoms with Crippen LogP contribution in [0.1, 0.15) is 20.8 Å². The topological polar surface area (TPSA) is 41.1 Å². The molecule has 1 atom stereocenters. The molecular formula is C8H15F3N2O. The molecule has 0 saturated carbocycles. The molecule has 0 spiro atoms. The summed E-state index contributed by atoms with van der Waals surface area (Å²) >= 11 is 0. The molecule has 2 N–H and O–H groups in total. The van der Waals surface area contributed by atoms with Gasteiger partial charge in [-0.05, 0) is 6.92 Å². The molecule has 0 radical (unpaired) electrons. The Labute approximate surface area is 81.1 Å². The van der Waals surface area contributed by atoms with Crippen LogP contribution >= 0.6 is 0 Å². The van der Waals surface area contributed by atoms with Crippen molar-refractivity contribution < 1.29 is 18.0 Å². The Morgan fingerprint density at radius 1 is 1.29 bits per heavy atom.